The molecule has 0 fully saturated rings. The van der Waals surface area contributed by atoms with Crippen LogP contribution in [0.15, 0.2) is 34.5 Å². The molecule has 0 spiro atoms. The van der Waals surface area contributed by atoms with Crippen LogP contribution >= 0.6 is 0 Å². The van der Waals surface area contributed by atoms with Gasteiger partial charge >= 0.3 is 0 Å². The number of hydrazine groups is 1. The van der Waals surface area contributed by atoms with Crippen LogP contribution in [0.1, 0.15) is 26.5 Å². The van der Waals surface area contributed by atoms with E-state index in [1.165, 1.54) is 0 Å². The van der Waals surface area contributed by atoms with Gasteiger partial charge in [0.2, 0.25) is 0 Å². The number of methoxy groups -OCH3 is 1. The van der Waals surface area contributed by atoms with Crippen LogP contribution in [0.3, 0.4) is 0 Å². The number of rotatable bonds is 4. The lowest BCUT2D eigenvalue weighted by Gasteiger charge is -2.16. The lowest BCUT2D eigenvalue weighted by atomic mass is 9.91. The summed E-state index contributed by atoms with van der Waals surface area (Å²) in [5, 5.41) is 15.6. The number of aromatic nitrogens is 2. The number of hydrogen-bond donors (Lipinski definition) is 3. The van der Waals surface area contributed by atoms with Gasteiger partial charge in [-0.05, 0) is 12.1 Å². The van der Waals surface area contributed by atoms with Crippen molar-refractivity contribution in [3.05, 3.63) is 30.0 Å². The first-order valence-corrected chi connectivity index (χ1v) is 6.57. The molecule has 0 aliphatic rings. The minimum Gasteiger partial charge on any atom is -0.494 e. The minimum absolute atomic E-state index is 0.156. The number of azo groups is 1. The predicted molar refractivity (Wildman–Crippen MR) is 82.3 cm³/mol. The van der Waals surface area contributed by atoms with E-state index in [0.717, 1.165) is 5.69 Å². The summed E-state index contributed by atoms with van der Waals surface area (Å²) in [5.41, 5.74) is 4.46. The summed E-state index contributed by atoms with van der Waals surface area (Å²) in [5.74, 6) is 6.59. The number of nitrogens with zero attached hydrogens (tertiary/aromatic N) is 3. The number of nitrogen functional groups attached to an aromatic ring is 1. The lowest BCUT2D eigenvalue weighted by Crippen LogP contribution is -2.12. The molecule has 0 saturated heterocycles. The number of hydrogen-bond acceptors (Lipinski definition) is 6. The Kier molecular flexibility index (Phi) is 4.23. The Balaban J connectivity index is 2.43. The van der Waals surface area contributed by atoms with Crippen molar-refractivity contribution < 1.29 is 4.74 Å². The molecular formula is C14H20N6O. The molecule has 112 valence electrons. The third-order valence-electron chi connectivity index (χ3n) is 2.97. The molecule has 0 aliphatic carbocycles. The van der Waals surface area contributed by atoms with Crippen LogP contribution in [0.4, 0.5) is 17.2 Å². The van der Waals surface area contributed by atoms with Gasteiger partial charge in [-0.15, -0.1) is 10.2 Å². The largest absolute Gasteiger partial charge is 0.494 e. The van der Waals surface area contributed by atoms with Gasteiger partial charge in [0.25, 0.3) is 0 Å². The number of anilines is 1. The highest BCUT2D eigenvalue weighted by Crippen LogP contribution is 2.37. The fraction of sp³-hybridized carbons (Fsp3) is 0.357. The zero-order valence-corrected chi connectivity index (χ0v) is 12.6. The summed E-state index contributed by atoms with van der Waals surface area (Å²) in [7, 11) is 1.60. The van der Waals surface area contributed by atoms with E-state index in [4.69, 9.17) is 10.6 Å². The first kappa shape index (κ1) is 15.0. The fourth-order valence-electron chi connectivity index (χ4n) is 1.87. The van der Waals surface area contributed by atoms with Gasteiger partial charge in [0.05, 0.1) is 12.8 Å². The minimum atomic E-state index is -0.156. The molecule has 4 N–H and O–H groups in total. The number of H-pyrrole nitrogens is 1. The topological polar surface area (TPSA) is 101 Å². The zero-order chi connectivity index (χ0) is 15.5. The van der Waals surface area contributed by atoms with Gasteiger partial charge in [0, 0.05) is 5.41 Å². The lowest BCUT2D eigenvalue weighted by molar-refractivity contribution is 0.416. The molecule has 1 heterocycles. The summed E-state index contributed by atoms with van der Waals surface area (Å²) in [4.78, 5) is 0. The third kappa shape index (κ3) is 3.19. The molecule has 1 aromatic heterocycles. The average Bonchev–Trinajstić information content (AvgIpc) is 2.88. The van der Waals surface area contributed by atoms with E-state index in [0.29, 0.717) is 22.9 Å². The molecular weight excluding hydrogens is 268 g/mol. The number of benzene rings is 1. The van der Waals surface area contributed by atoms with Gasteiger partial charge in [-0.2, -0.15) is 5.10 Å². The van der Waals surface area contributed by atoms with Crippen LogP contribution in [0.2, 0.25) is 0 Å². The molecule has 0 aliphatic heterocycles. The van der Waals surface area contributed by atoms with Gasteiger partial charge in [-0.25, -0.2) is 5.84 Å². The molecule has 0 saturated carbocycles. The van der Waals surface area contributed by atoms with Crippen molar-refractivity contribution in [3.8, 4) is 5.75 Å². The Labute approximate surface area is 123 Å². The van der Waals surface area contributed by atoms with Crippen molar-refractivity contribution in [2.45, 2.75) is 26.2 Å². The van der Waals surface area contributed by atoms with Crippen LogP contribution in [0.25, 0.3) is 0 Å². The van der Waals surface area contributed by atoms with E-state index in [2.05, 4.69) is 46.6 Å². The number of ether oxygens (including phenoxy) is 1. The molecule has 2 rings (SSSR count). The summed E-state index contributed by atoms with van der Waals surface area (Å²) < 4.78 is 5.25. The van der Waals surface area contributed by atoms with Gasteiger partial charge in [0.1, 0.15) is 11.4 Å². The van der Waals surface area contributed by atoms with E-state index < -0.39 is 0 Å². The number of nitrogens with two attached hydrogens (primary N) is 1. The Morgan fingerprint density at radius 2 is 1.95 bits per heavy atom. The van der Waals surface area contributed by atoms with Gasteiger partial charge in [-0.1, -0.05) is 32.9 Å². The Hall–Kier alpha value is -2.41. The van der Waals surface area contributed by atoms with E-state index in [9.17, 15) is 0 Å². The van der Waals surface area contributed by atoms with Crippen molar-refractivity contribution in [1.29, 1.82) is 0 Å². The summed E-state index contributed by atoms with van der Waals surface area (Å²) in [6.07, 6.45) is 0. The van der Waals surface area contributed by atoms with Gasteiger partial charge in [-0.3, -0.25) is 5.10 Å². The third-order valence-corrected chi connectivity index (χ3v) is 2.97. The van der Waals surface area contributed by atoms with Crippen LogP contribution in [-0.4, -0.2) is 17.3 Å². The second-order valence-electron chi connectivity index (χ2n) is 5.56. The number of nitrogens with one attached hydrogen (secondary N) is 2. The highest BCUT2D eigenvalue weighted by molar-refractivity contribution is 5.64. The number of aromatic amines is 1. The SMILES string of the molecule is COc1ccccc1N=Nc1c(NN)n[nH]c1C(C)(C)C. The van der Waals surface area contributed by atoms with Crippen molar-refractivity contribution in [2.24, 2.45) is 16.1 Å². The zero-order valence-electron chi connectivity index (χ0n) is 12.6. The van der Waals surface area contributed by atoms with Crippen LogP contribution in [0, 0.1) is 0 Å². The standard InChI is InChI=1S/C14H20N6O/c1-14(2,3)12-11(13(16-15)20-19-12)18-17-9-7-5-6-8-10(9)21-4/h5-8H,15H2,1-4H3,(H2,16,19,20). The molecule has 7 nitrogen and oxygen atoms in total. The molecule has 7 heteroatoms. The molecule has 1 aromatic carbocycles. The van der Waals surface area contributed by atoms with Crippen molar-refractivity contribution >= 4 is 17.2 Å². The van der Waals surface area contributed by atoms with E-state index in [-0.39, 0.29) is 5.41 Å². The molecule has 2 aromatic rings. The maximum absolute atomic E-state index is 5.47. The summed E-state index contributed by atoms with van der Waals surface area (Å²) >= 11 is 0. The van der Waals surface area contributed by atoms with Crippen molar-refractivity contribution in [1.82, 2.24) is 10.2 Å². The number of para-hydroxylation sites is 1. The van der Waals surface area contributed by atoms with Crippen molar-refractivity contribution in [2.75, 3.05) is 12.5 Å². The highest BCUT2D eigenvalue weighted by atomic mass is 16.5. The van der Waals surface area contributed by atoms with E-state index in [1.54, 1.807) is 7.11 Å². The molecule has 21 heavy (non-hydrogen) atoms. The molecule has 0 atom stereocenters. The second-order valence-corrected chi connectivity index (χ2v) is 5.56. The van der Waals surface area contributed by atoms with Gasteiger partial charge in [0.15, 0.2) is 11.5 Å². The van der Waals surface area contributed by atoms with Crippen LogP contribution in [-0.2, 0) is 5.41 Å². The average molecular weight is 288 g/mol. The molecule has 0 amide bonds. The Bertz CT molecular complexity index is 641. The first-order valence-electron chi connectivity index (χ1n) is 6.57. The highest BCUT2D eigenvalue weighted by Gasteiger charge is 2.23. The van der Waals surface area contributed by atoms with Crippen LogP contribution in [0.5, 0.6) is 5.75 Å². The van der Waals surface area contributed by atoms with Crippen molar-refractivity contribution in [3.63, 3.8) is 0 Å². The monoisotopic (exact) mass is 288 g/mol. The first-order chi connectivity index (χ1) is 9.97. The Morgan fingerprint density at radius 1 is 1.24 bits per heavy atom. The van der Waals surface area contributed by atoms with Crippen LogP contribution < -0.4 is 16.0 Å². The maximum Gasteiger partial charge on any atom is 0.189 e. The van der Waals surface area contributed by atoms with E-state index in [1.807, 2.05) is 24.3 Å². The smallest absolute Gasteiger partial charge is 0.189 e. The fourth-order valence-corrected chi connectivity index (χ4v) is 1.87. The Morgan fingerprint density at radius 3 is 2.57 bits per heavy atom. The van der Waals surface area contributed by atoms with Gasteiger partial charge < -0.3 is 10.2 Å². The predicted octanol–water partition coefficient (Wildman–Crippen LogP) is 3.42. The summed E-state index contributed by atoms with van der Waals surface area (Å²) in [6, 6.07) is 7.41. The van der Waals surface area contributed by atoms with E-state index >= 15 is 0 Å². The molecule has 0 bridgehead atoms. The quantitative estimate of drug-likeness (QED) is 0.456. The molecule has 0 radical (unpaired) electrons. The maximum atomic E-state index is 5.47. The molecule has 0 unspecified atom stereocenters. The normalized spacial score (nSPS) is 11.9. The summed E-state index contributed by atoms with van der Waals surface area (Å²) in [6.45, 7) is 6.18. The second kappa shape index (κ2) is 5.92.